The third-order valence-electron chi connectivity index (χ3n) is 4.48. The lowest BCUT2D eigenvalue weighted by Crippen LogP contribution is -2.49. The van der Waals surface area contributed by atoms with E-state index in [-0.39, 0.29) is 12.1 Å². The van der Waals surface area contributed by atoms with Gasteiger partial charge < -0.3 is 14.2 Å². The number of hydrogen-bond donors (Lipinski definition) is 0. The molecule has 0 radical (unpaired) electrons. The van der Waals surface area contributed by atoms with E-state index in [2.05, 4.69) is 22.0 Å². The molecule has 140 valence electrons. The third kappa shape index (κ3) is 4.16. The molecule has 2 aromatic rings. The van der Waals surface area contributed by atoms with Crippen molar-refractivity contribution in [2.75, 3.05) is 32.8 Å². The molecule has 0 saturated carbocycles. The number of aromatic nitrogens is 2. The quantitative estimate of drug-likeness (QED) is 0.791. The van der Waals surface area contributed by atoms with E-state index in [1.165, 1.54) is 0 Å². The predicted molar refractivity (Wildman–Crippen MR) is 97.9 cm³/mol. The molecule has 0 N–H and O–H groups in total. The maximum absolute atomic E-state index is 11.8. The molecule has 1 fully saturated rings. The van der Waals surface area contributed by atoms with Crippen LogP contribution in [0.15, 0.2) is 28.8 Å². The van der Waals surface area contributed by atoms with Crippen LogP contribution in [0.2, 0.25) is 5.02 Å². The van der Waals surface area contributed by atoms with Crippen molar-refractivity contribution in [1.82, 2.24) is 19.9 Å². The zero-order chi connectivity index (χ0) is 18.5. The van der Waals surface area contributed by atoms with Gasteiger partial charge in [0.2, 0.25) is 0 Å². The first-order chi connectivity index (χ1) is 12.6. The van der Waals surface area contributed by atoms with Crippen LogP contribution in [0, 0.1) is 0 Å². The Morgan fingerprint density at radius 3 is 2.73 bits per heavy atom. The minimum Gasteiger partial charge on any atom is -0.450 e. The van der Waals surface area contributed by atoms with Crippen molar-refractivity contribution in [3.63, 3.8) is 0 Å². The summed E-state index contributed by atoms with van der Waals surface area (Å²) in [4.78, 5) is 20.4. The summed E-state index contributed by atoms with van der Waals surface area (Å²) in [6, 6.07) is 7.41. The van der Waals surface area contributed by atoms with E-state index < -0.39 is 0 Å². The number of nitrogens with zero attached hydrogens (tertiary/aromatic N) is 4. The average molecular weight is 379 g/mol. The molecule has 0 spiro atoms. The first-order valence-corrected chi connectivity index (χ1v) is 9.25. The monoisotopic (exact) mass is 378 g/mol. The van der Waals surface area contributed by atoms with Gasteiger partial charge in [-0.05, 0) is 31.5 Å². The highest BCUT2D eigenvalue weighted by molar-refractivity contribution is 6.30. The minimum atomic E-state index is -0.247. The fraction of sp³-hybridized carbons (Fsp3) is 0.500. The van der Waals surface area contributed by atoms with E-state index in [1.54, 1.807) is 17.0 Å². The molecule has 3 rings (SSSR count). The van der Waals surface area contributed by atoms with Crippen LogP contribution in [0.25, 0.3) is 11.5 Å². The average Bonchev–Trinajstić information content (AvgIpc) is 3.13. The summed E-state index contributed by atoms with van der Waals surface area (Å²) in [5.41, 5.74) is 0.804. The van der Waals surface area contributed by atoms with Crippen LogP contribution in [-0.4, -0.2) is 58.8 Å². The van der Waals surface area contributed by atoms with Gasteiger partial charge in [-0.2, -0.15) is 4.98 Å². The molecule has 8 heteroatoms. The fourth-order valence-electron chi connectivity index (χ4n) is 3.14. The minimum absolute atomic E-state index is 0.0519. The number of halogens is 1. The van der Waals surface area contributed by atoms with E-state index in [0.717, 1.165) is 25.1 Å². The van der Waals surface area contributed by atoms with Crippen molar-refractivity contribution >= 4 is 17.7 Å². The van der Waals surface area contributed by atoms with Crippen molar-refractivity contribution in [2.45, 2.75) is 26.3 Å². The predicted octanol–water partition coefficient (Wildman–Crippen LogP) is 3.62. The number of piperazine rings is 1. The molecule has 1 unspecified atom stereocenters. The summed E-state index contributed by atoms with van der Waals surface area (Å²) in [5.74, 6) is 1.12. The van der Waals surface area contributed by atoms with E-state index in [9.17, 15) is 4.79 Å². The van der Waals surface area contributed by atoms with E-state index in [0.29, 0.717) is 36.4 Å². The first kappa shape index (κ1) is 18.7. The third-order valence-corrected chi connectivity index (χ3v) is 4.71. The Morgan fingerprint density at radius 2 is 2.08 bits per heavy atom. The number of rotatable bonds is 5. The molecular formula is C18H23ClN4O3. The van der Waals surface area contributed by atoms with Gasteiger partial charge in [0.05, 0.1) is 12.6 Å². The second kappa shape index (κ2) is 8.51. The molecule has 2 heterocycles. The van der Waals surface area contributed by atoms with Crippen LogP contribution in [0.1, 0.15) is 32.1 Å². The van der Waals surface area contributed by atoms with Crippen LogP contribution < -0.4 is 0 Å². The van der Waals surface area contributed by atoms with Crippen LogP contribution in [0.4, 0.5) is 4.79 Å². The molecule has 0 bridgehead atoms. The molecule has 1 atom stereocenters. The number of hydrogen-bond acceptors (Lipinski definition) is 6. The topological polar surface area (TPSA) is 71.7 Å². The maximum Gasteiger partial charge on any atom is 0.409 e. The summed E-state index contributed by atoms with van der Waals surface area (Å²) in [7, 11) is 0. The van der Waals surface area contributed by atoms with Gasteiger partial charge in [0.1, 0.15) is 0 Å². The van der Waals surface area contributed by atoms with Crippen molar-refractivity contribution < 1.29 is 14.1 Å². The van der Waals surface area contributed by atoms with Gasteiger partial charge in [-0.25, -0.2) is 4.79 Å². The highest BCUT2D eigenvalue weighted by Gasteiger charge is 2.29. The SMILES string of the molecule is CCOC(=O)N1CCN(C(CC)c2noc(-c3cccc(Cl)c3)n2)CC1. The maximum atomic E-state index is 11.8. The number of carbonyl (C=O) groups is 1. The molecule has 1 aliphatic rings. The smallest absolute Gasteiger partial charge is 0.409 e. The van der Waals surface area contributed by atoms with E-state index in [1.807, 2.05) is 19.1 Å². The number of carbonyl (C=O) groups excluding carboxylic acids is 1. The summed E-state index contributed by atoms with van der Waals surface area (Å²) in [6.07, 6.45) is 0.608. The van der Waals surface area contributed by atoms with Gasteiger partial charge in [0.15, 0.2) is 5.82 Å². The van der Waals surface area contributed by atoms with Crippen LogP contribution in [-0.2, 0) is 4.74 Å². The van der Waals surface area contributed by atoms with Gasteiger partial charge in [-0.1, -0.05) is 29.7 Å². The summed E-state index contributed by atoms with van der Waals surface area (Å²) in [6.45, 7) is 7.07. The molecule has 1 aromatic heterocycles. The highest BCUT2D eigenvalue weighted by Crippen LogP contribution is 2.27. The van der Waals surface area contributed by atoms with Gasteiger partial charge in [0, 0.05) is 36.8 Å². The molecule has 7 nitrogen and oxygen atoms in total. The molecule has 1 aliphatic heterocycles. The molecule has 26 heavy (non-hydrogen) atoms. The Hall–Kier alpha value is -2.12. The van der Waals surface area contributed by atoms with E-state index in [4.69, 9.17) is 20.9 Å². The van der Waals surface area contributed by atoms with Gasteiger partial charge in [-0.15, -0.1) is 0 Å². The second-order valence-electron chi connectivity index (χ2n) is 6.11. The lowest BCUT2D eigenvalue weighted by Gasteiger charge is -2.37. The van der Waals surface area contributed by atoms with Gasteiger partial charge >= 0.3 is 6.09 Å². The standard InChI is InChI=1S/C18H23ClN4O3/c1-3-15(22-8-10-23(11-9-22)18(24)25-4-2)16-20-17(26-21-16)13-6-5-7-14(19)12-13/h5-7,12,15H,3-4,8-11H2,1-2H3. The Kier molecular flexibility index (Phi) is 6.11. The number of benzene rings is 1. The summed E-state index contributed by atoms with van der Waals surface area (Å²) < 4.78 is 10.5. The van der Waals surface area contributed by atoms with Crippen LogP contribution >= 0.6 is 11.6 Å². The molecular weight excluding hydrogens is 356 g/mol. The number of ether oxygens (including phenoxy) is 1. The summed E-state index contributed by atoms with van der Waals surface area (Å²) in [5, 5.41) is 4.81. The van der Waals surface area contributed by atoms with Crippen LogP contribution in [0.3, 0.4) is 0 Å². The Morgan fingerprint density at radius 1 is 1.31 bits per heavy atom. The van der Waals surface area contributed by atoms with Crippen LogP contribution in [0.5, 0.6) is 0 Å². The Labute approximate surface area is 157 Å². The first-order valence-electron chi connectivity index (χ1n) is 8.87. The summed E-state index contributed by atoms with van der Waals surface area (Å²) >= 11 is 6.03. The highest BCUT2D eigenvalue weighted by atomic mass is 35.5. The molecule has 1 aromatic carbocycles. The normalized spacial score (nSPS) is 16.5. The second-order valence-corrected chi connectivity index (χ2v) is 6.55. The number of amides is 1. The lowest BCUT2D eigenvalue weighted by atomic mass is 10.1. The van der Waals surface area contributed by atoms with Crippen molar-refractivity contribution in [3.8, 4) is 11.5 Å². The zero-order valence-electron chi connectivity index (χ0n) is 15.0. The van der Waals surface area contributed by atoms with E-state index >= 15 is 0 Å². The molecule has 1 saturated heterocycles. The molecule has 1 amide bonds. The van der Waals surface area contributed by atoms with Gasteiger partial charge in [0.25, 0.3) is 5.89 Å². The fourth-order valence-corrected chi connectivity index (χ4v) is 3.33. The Bertz CT molecular complexity index is 744. The largest absolute Gasteiger partial charge is 0.450 e. The zero-order valence-corrected chi connectivity index (χ0v) is 15.8. The van der Waals surface area contributed by atoms with Crippen molar-refractivity contribution in [2.24, 2.45) is 0 Å². The van der Waals surface area contributed by atoms with Crippen molar-refractivity contribution in [3.05, 3.63) is 35.1 Å². The van der Waals surface area contributed by atoms with Gasteiger partial charge in [-0.3, -0.25) is 4.90 Å². The molecule has 0 aliphatic carbocycles. The Balaban J connectivity index is 1.68. The lowest BCUT2D eigenvalue weighted by molar-refractivity contribution is 0.0629. The van der Waals surface area contributed by atoms with Crippen molar-refractivity contribution in [1.29, 1.82) is 0 Å².